The highest BCUT2D eigenvalue weighted by Gasteiger charge is 2.55. The molecular weight excluding hydrogens is 627 g/mol. The third-order valence-corrected chi connectivity index (χ3v) is 9.15. The van der Waals surface area contributed by atoms with Crippen molar-refractivity contribution in [3.63, 3.8) is 0 Å². The molecule has 17 nitrogen and oxygen atoms in total. The van der Waals surface area contributed by atoms with E-state index >= 15 is 0 Å². The van der Waals surface area contributed by atoms with Gasteiger partial charge in [0.15, 0.2) is 10.8 Å². The highest BCUT2D eigenvalue weighted by molar-refractivity contribution is 8.01. The molecule has 0 spiro atoms. The summed E-state index contributed by atoms with van der Waals surface area (Å²) in [5, 5.41) is 39.4. The molecule has 20 heteroatoms. The molecule has 1 fully saturated rings. The van der Waals surface area contributed by atoms with Crippen LogP contribution in [0, 0.1) is 0 Å². The standard InChI is InChI=1S/C23H19N9O8S3/c1-8(43-23-27-30-31-28-23)11-6-41-18-14(17(34)32(18)15(11)20(37)38)26-16(33)13(12-7-42-22(24)25-12)29-40-21(39)10-4-2-9(3-5-10)19(35)36/h2-5,7-8,14,18H,6H2,1H3,(H2,24,25)(H,26,33)(H,35,36)(H,37,38)(H,27,28,30,31)/t8?,14?,18-/m0/s1. The Hall–Kier alpha value is -4.82. The zero-order valence-corrected chi connectivity index (χ0v) is 24.1. The number of nitrogens with two attached hydrogens (primary N) is 1. The number of carbonyl (C=O) groups is 5. The van der Waals surface area contributed by atoms with Gasteiger partial charge in [-0.2, -0.15) is 5.21 Å². The summed E-state index contributed by atoms with van der Waals surface area (Å²) in [7, 11) is 0. The SMILES string of the molecule is CC(Sc1nn[nH]n1)C1=C(C(=O)O)N2C(=O)C(NC(=O)C(=NOC(=O)c3ccc(C(=O)O)cc3)c3csc(N)n3)[C@@H]2SC1. The number of β-lactam (4-membered cyclic amide) rings is 1. The van der Waals surface area contributed by atoms with Gasteiger partial charge in [0.25, 0.3) is 11.8 Å². The van der Waals surface area contributed by atoms with Gasteiger partial charge >= 0.3 is 17.9 Å². The van der Waals surface area contributed by atoms with Crippen molar-refractivity contribution < 1.29 is 39.0 Å². The number of hydrogen-bond donors (Lipinski definition) is 5. The van der Waals surface area contributed by atoms with Gasteiger partial charge in [-0.3, -0.25) is 14.5 Å². The molecule has 6 N–H and O–H groups in total. The Morgan fingerprint density at radius 1 is 1.21 bits per heavy atom. The second-order valence-electron chi connectivity index (χ2n) is 8.77. The van der Waals surface area contributed by atoms with Gasteiger partial charge in [-0.05, 0) is 42.0 Å². The smallest absolute Gasteiger partial charge is 0.365 e. The number of H-pyrrole nitrogens is 1. The molecule has 5 rings (SSSR count). The molecular formula is C23H19N9O8S3. The molecule has 1 aromatic carbocycles. The van der Waals surface area contributed by atoms with E-state index in [4.69, 9.17) is 15.7 Å². The molecule has 222 valence electrons. The number of aromatic nitrogens is 5. The molecule has 0 bridgehead atoms. The number of hydrogen-bond acceptors (Lipinski definition) is 15. The first-order valence-electron chi connectivity index (χ1n) is 12.0. The van der Waals surface area contributed by atoms with Crippen LogP contribution < -0.4 is 11.1 Å². The molecule has 43 heavy (non-hydrogen) atoms. The average Bonchev–Trinajstić information content (AvgIpc) is 3.66. The number of thiazole rings is 1. The van der Waals surface area contributed by atoms with Gasteiger partial charge in [0, 0.05) is 16.4 Å². The van der Waals surface area contributed by atoms with Gasteiger partial charge in [0.05, 0.1) is 11.1 Å². The number of carboxylic acid groups (broad SMARTS) is 2. The Kier molecular flexibility index (Phi) is 8.41. The number of anilines is 1. The second-order valence-corrected chi connectivity index (χ2v) is 12.1. The average molecular weight is 646 g/mol. The van der Waals surface area contributed by atoms with E-state index in [2.05, 4.69) is 36.1 Å². The number of aliphatic carboxylic acids is 1. The van der Waals surface area contributed by atoms with Crippen molar-refractivity contribution in [2.75, 3.05) is 11.5 Å². The number of thioether (sulfide) groups is 2. The summed E-state index contributed by atoms with van der Waals surface area (Å²) in [5.41, 5.74) is 5.41. The summed E-state index contributed by atoms with van der Waals surface area (Å²) >= 11 is 3.42. The number of tetrazole rings is 1. The molecule has 3 atom stereocenters. The lowest BCUT2D eigenvalue weighted by Crippen LogP contribution is -2.71. The van der Waals surface area contributed by atoms with E-state index in [-0.39, 0.29) is 33.4 Å². The molecule has 0 saturated carbocycles. The van der Waals surface area contributed by atoms with Gasteiger partial charge in [-0.15, -0.1) is 33.3 Å². The number of aromatic amines is 1. The Bertz CT molecular complexity index is 1670. The van der Waals surface area contributed by atoms with E-state index in [1.807, 2.05) is 0 Å². The summed E-state index contributed by atoms with van der Waals surface area (Å²) in [5.74, 6) is -4.82. The summed E-state index contributed by atoms with van der Waals surface area (Å²) in [6, 6.07) is 3.71. The number of rotatable bonds is 10. The Labute approximate surface area is 252 Å². The maximum atomic E-state index is 13.3. The maximum Gasteiger partial charge on any atom is 0.365 e. The summed E-state index contributed by atoms with van der Waals surface area (Å²) in [6.07, 6.45) is 0. The van der Waals surface area contributed by atoms with Crippen molar-refractivity contribution >= 4 is 75.4 Å². The predicted molar refractivity (Wildman–Crippen MR) is 151 cm³/mol. The van der Waals surface area contributed by atoms with Crippen LogP contribution in [0.5, 0.6) is 0 Å². The summed E-state index contributed by atoms with van der Waals surface area (Å²) < 4.78 is 0. The fourth-order valence-corrected chi connectivity index (χ4v) is 7.05. The Morgan fingerprint density at radius 3 is 2.53 bits per heavy atom. The van der Waals surface area contributed by atoms with Crippen molar-refractivity contribution in [2.45, 2.75) is 28.7 Å². The number of nitrogens with one attached hydrogen (secondary N) is 2. The van der Waals surface area contributed by atoms with Crippen LogP contribution in [0.1, 0.15) is 33.3 Å². The normalized spacial score (nSPS) is 18.9. The number of nitrogens with zero attached hydrogens (tertiary/aromatic N) is 6. The number of benzene rings is 1. The minimum absolute atomic E-state index is 0.0327. The predicted octanol–water partition coefficient (Wildman–Crippen LogP) is 0.417. The molecule has 0 radical (unpaired) electrons. The highest BCUT2D eigenvalue weighted by atomic mass is 32.2. The van der Waals surface area contributed by atoms with Crippen molar-refractivity contribution in [1.82, 2.24) is 35.8 Å². The minimum Gasteiger partial charge on any atom is -0.478 e. The fourth-order valence-electron chi connectivity index (χ4n) is 4.08. The van der Waals surface area contributed by atoms with Crippen molar-refractivity contribution in [3.8, 4) is 0 Å². The minimum atomic E-state index is -1.30. The fraction of sp³-hybridized carbons (Fsp3) is 0.217. The molecule has 3 aromatic rings. The number of fused-ring (bicyclic) bond motifs is 1. The molecule has 2 unspecified atom stereocenters. The molecule has 2 aromatic heterocycles. The summed E-state index contributed by atoms with van der Waals surface area (Å²) in [4.78, 5) is 72.3. The van der Waals surface area contributed by atoms with Crippen LogP contribution in [-0.4, -0.2) is 98.6 Å². The number of carboxylic acids is 2. The van der Waals surface area contributed by atoms with Gasteiger partial charge in [-0.1, -0.05) is 16.9 Å². The Balaban J connectivity index is 1.33. The first-order chi connectivity index (χ1) is 20.5. The zero-order chi connectivity index (χ0) is 30.8. The van der Waals surface area contributed by atoms with Crippen LogP contribution in [0.15, 0.2) is 51.2 Å². The van der Waals surface area contributed by atoms with Gasteiger partial charge in [0.2, 0.25) is 5.16 Å². The lowest BCUT2D eigenvalue weighted by molar-refractivity contribution is -0.150. The number of aromatic carboxylic acids is 1. The molecule has 1 saturated heterocycles. The topological polar surface area (TPSA) is 256 Å². The van der Waals surface area contributed by atoms with Gasteiger partial charge in [-0.25, -0.2) is 19.4 Å². The van der Waals surface area contributed by atoms with Crippen LogP contribution in [0.3, 0.4) is 0 Å². The number of amides is 2. The van der Waals surface area contributed by atoms with Crippen LogP contribution in [-0.2, 0) is 19.2 Å². The van der Waals surface area contributed by atoms with E-state index in [1.54, 1.807) is 6.92 Å². The molecule has 2 aliphatic rings. The Morgan fingerprint density at radius 2 is 1.93 bits per heavy atom. The van der Waals surface area contributed by atoms with Crippen LogP contribution in [0.2, 0.25) is 0 Å². The van der Waals surface area contributed by atoms with Crippen LogP contribution in [0.4, 0.5) is 5.13 Å². The highest BCUT2D eigenvalue weighted by Crippen LogP contribution is 2.43. The monoisotopic (exact) mass is 645 g/mol. The van der Waals surface area contributed by atoms with Gasteiger partial charge in [0.1, 0.15) is 22.8 Å². The first kappa shape index (κ1) is 29.7. The van der Waals surface area contributed by atoms with Crippen molar-refractivity contribution in [1.29, 1.82) is 0 Å². The lowest BCUT2D eigenvalue weighted by atomic mass is 10.0. The molecule has 2 aliphatic heterocycles. The molecule has 0 aliphatic carbocycles. The number of oxime groups is 1. The van der Waals surface area contributed by atoms with Gasteiger partial charge < -0.3 is 26.1 Å². The second kappa shape index (κ2) is 12.2. The number of nitrogen functional groups attached to an aromatic ring is 1. The van der Waals surface area contributed by atoms with E-state index in [0.717, 1.165) is 16.2 Å². The quantitative estimate of drug-likeness (QED) is 0.0658. The lowest BCUT2D eigenvalue weighted by Gasteiger charge is -2.49. The van der Waals surface area contributed by atoms with Crippen LogP contribution in [0.25, 0.3) is 0 Å². The van der Waals surface area contributed by atoms with E-state index in [9.17, 15) is 29.1 Å². The maximum absolute atomic E-state index is 13.3. The van der Waals surface area contributed by atoms with Crippen LogP contribution >= 0.6 is 34.9 Å². The van der Waals surface area contributed by atoms with E-state index < -0.39 is 52.1 Å². The third kappa shape index (κ3) is 6.05. The number of carbonyl (C=O) groups excluding carboxylic acids is 3. The summed E-state index contributed by atoms with van der Waals surface area (Å²) in [6.45, 7) is 1.76. The first-order valence-corrected chi connectivity index (χ1v) is 14.8. The van der Waals surface area contributed by atoms with Crippen molar-refractivity contribution in [3.05, 3.63) is 57.7 Å². The third-order valence-electron chi connectivity index (χ3n) is 6.15. The van der Waals surface area contributed by atoms with E-state index in [1.165, 1.54) is 53.2 Å². The largest absolute Gasteiger partial charge is 0.478 e. The molecule has 2 amide bonds. The zero-order valence-electron chi connectivity index (χ0n) is 21.7. The van der Waals surface area contributed by atoms with Crippen molar-refractivity contribution in [2.24, 2.45) is 5.16 Å². The molecule has 4 heterocycles. The van der Waals surface area contributed by atoms with E-state index in [0.29, 0.717) is 10.7 Å².